The Morgan fingerprint density at radius 1 is 1.14 bits per heavy atom. The van der Waals surface area contributed by atoms with Crippen LogP contribution in [0.15, 0.2) is 54.6 Å². The average molecular weight is 277 g/mol. The van der Waals surface area contributed by atoms with Crippen LogP contribution in [0, 0.1) is 11.3 Å². The Bertz CT molecular complexity index is 673. The molecule has 0 saturated carbocycles. The first-order valence-corrected chi connectivity index (χ1v) is 6.85. The second kappa shape index (κ2) is 5.68. The lowest BCUT2D eigenvalue weighted by Gasteiger charge is -2.14. The number of amides is 2. The first-order chi connectivity index (χ1) is 10.3. The Balaban J connectivity index is 1.69. The van der Waals surface area contributed by atoms with E-state index in [1.165, 1.54) is 0 Å². The lowest BCUT2D eigenvalue weighted by molar-refractivity contribution is 0.215. The van der Waals surface area contributed by atoms with Gasteiger partial charge in [0.15, 0.2) is 0 Å². The first kappa shape index (κ1) is 13.2. The molecule has 2 aromatic rings. The van der Waals surface area contributed by atoms with E-state index in [1.54, 1.807) is 17.0 Å². The molecule has 1 aliphatic heterocycles. The van der Waals surface area contributed by atoms with Crippen molar-refractivity contribution in [2.45, 2.75) is 12.6 Å². The van der Waals surface area contributed by atoms with Crippen LogP contribution in [0.5, 0.6) is 0 Å². The molecule has 1 saturated heterocycles. The molecular formula is C17H15N3O. The minimum Gasteiger partial charge on any atom is -0.329 e. The zero-order valence-electron chi connectivity index (χ0n) is 11.5. The fourth-order valence-corrected chi connectivity index (χ4v) is 2.50. The summed E-state index contributed by atoms with van der Waals surface area (Å²) in [6, 6.07) is 19.4. The second-order valence-electron chi connectivity index (χ2n) is 5.10. The molecule has 104 valence electrons. The third kappa shape index (κ3) is 2.87. The van der Waals surface area contributed by atoms with Crippen LogP contribution in [-0.2, 0) is 6.54 Å². The summed E-state index contributed by atoms with van der Waals surface area (Å²) in [4.78, 5) is 13.8. The van der Waals surface area contributed by atoms with Crippen molar-refractivity contribution in [3.05, 3.63) is 71.3 Å². The van der Waals surface area contributed by atoms with E-state index in [4.69, 9.17) is 5.26 Å². The van der Waals surface area contributed by atoms with Gasteiger partial charge in [-0.2, -0.15) is 5.26 Å². The van der Waals surface area contributed by atoms with Crippen LogP contribution in [0.1, 0.15) is 22.7 Å². The summed E-state index contributed by atoms with van der Waals surface area (Å²) in [6.45, 7) is 1.21. The fourth-order valence-electron chi connectivity index (χ4n) is 2.50. The van der Waals surface area contributed by atoms with Crippen molar-refractivity contribution >= 4 is 6.03 Å². The van der Waals surface area contributed by atoms with Crippen LogP contribution in [0.2, 0.25) is 0 Å². The zero-order chi connectivity index (χ0) is 14.7. The molecule has 4 nitrogen and oxygen atoms in total. The third-order valence-electron chi connectivity index (χ3n) is 3.65. The number of nitrogens with one attached hydrogen (secondary N) is 1. The minimum absolute atomic E-state index is 0.0390. The Morgan fingerprint density at radius 2 is 1.86 bits per heavy atom. The molecule has 0 bridgehead atoms. The first-order valence-electron chi connectivity index (χ1n) is 6.85. The number of rotatable bonds is 3. The number of benzene rings is 2. The molecule has 0 spiro atoms. The summed E-state index contributed by atoms with van der Waals surface area (Å²) in [6.07, 6.45) is 0. The summed E-state index contributed by atoms with van der Waals surface area (Å²) >= 11 is 0. The van der Waals surface area contributed by atoms with Crippen LogP contribution in [-0.4, -0.2) is 17.5 Å². The summed E-state index contributed by atoms with van der Waals surface area (Å²) in [7, 11) is 0. The standard InChI is InChI=1S/C17H15N3O/c18-10-13-6-8-14(9-7-13)11-20-12-16(19-17(20)21)15-4-2-1-3-5-15/h1-9,16H,11-12H2,(H,19,21)/t16-/m1/s1. The van der Waals surface area contributed by atoms with Crippen molar-refractivity contribution in [1.29, 1.82) is 5.26 Å². The van der Waals surface area contributed by atoms with E-state index in [0.29, 0.717) is 18.7 Å². The van der Waals surface area contributed by atoms with Crippen molar-refractivity contribution in [2.75, 3.05) is 6.54 Å². The lowest BCUT2D eigenvalue weighted by atomic mass is 10.1. The normalized spacial score (nSPS) is 17.4. The molecule has 0 radical (unpaired) electrons. The van der Waals surface area contributed by atoms with Gasteiger partial charge in [-0.25, -0.2) is 4.79 Å². The summed E-state index contributed by atoms with van der Waals surface area (Å²) in [5, 5.41) is 11.8. The van der Waals surface area contributed by atoms with Crippen molar-refractivity contribution in [3.63, 3.8) is 0 Å². The van der Waals surface area contributed by atoms with E-state index >= 15 is 0 Å². The van der Waals surface area contributed by atoms with E-state index in [0.717, 1.165) is 11.1 Å². The number of nitriles is 1. The molecule has 2 amide bonds. The Labute approximate surface area is 123 Å². The SMILES string of the molecule is N#Cc1ccc(CN2C[C@H](c3ccccc3)NC2=O)cc1. The van der Waals surface area contributed by atoms with E-state index in [-0.39, 0.29) is 12.1 Å². The molecule has 1 N–H and O–H groups in total. The molecule has 0 aromatic heterocycles. The molecule has 21 heavy (non-hydrogen) atoms. The van der Waals surface area contributed by atoms with Gasteiger partial charge in [0.25, 0.3) is 0 Å². The topological polar surface area (TPSA) is 56.1 Å². The maximum atomic E-state index is 12.0. The smallest absolute Gasteiger partial charge is 0.318 e. The number of hydrogen-bond donors (Lipinski definition) is 1. The number of hydrogen-bond acceptors (Lipinski definition) is 2. The Kier molecular flexibility index (Phi) is 3.57. The van der Waals surface area contributed by atoms with Crippen LogP contribution < -0.4 is 5.32 Å². The second-order valence-corrected chi connectivity index (χ2v) is 5.10. The minimum atomic E-state index is -0.0480. The van der Waals surface area contributed by atoms with Gasteiger partial charge < -0.3 is 10.2 Å². The molecular weight excluding hydrogens is 262 g/mol. The van der Waals surface area contributed by atoms with Crippen LogP contribution in [0.3, 0.4) is 0 Å². The Morgan fingerprint density at radius 3 is 2.52 bits per heavy atom. The van der Waals surface area contributed by atoms with Crippen molar-refractivity contribution in [2.24, 2.45) is 0 Å². The maximum absolute atomic E-state index is 12.0. The highest BCUT2D eigenvalue weighted by molar-refractivity contribution is 5.77. The van der Waals surface area contributed by atoms with Gasteiger partial charge in [0.2, 0.25) is 0 Å². The van der Waals surface area contributed by atoms with E-state index in [2.05, 4.69) is 11.4 Å². The number of urea groups is 1. The van der Waals surface area contributed by atoms with E-state index in [9.17, 15) is 4.79 Å². The molecule has 0 unspecified atom stereocenters. The molecule has 0 aliphatic carbocycles. The van der Waals surface area contributed by atoms with Crippen LogP contribution >= 0.6 is 0 Å². The van der Waals surface area contributed by atoms with Gasteiger partial charge in [-0.1, -0.05) is 42.5 Å². The van der Waals surface area contributed by atoms with Crippen LogP contribution in [0.4, 0.5) is 4.79 Å². The predicted molar refractivity (Wildman–Crippen MR) is 79.3 cm³/mol. The molecule has 1 aliphatic rings. The molecule has 4 heteroatoms. The van der Waals surface area contributed by atoms with Gasteiger partial charge in [-0.05, 0) is 23.3 Å². The highest BCUT2D eigenvalue weighted by Crippen LogP contribution is 2.21. The molecule has 3 rings (SSSR count). The summed E-state index contributed by atoms with van der Waals surface area (Å²) in [5.41, 5.74) is 2.78. The van der Waals surface area contributed by atoms with Gasteiger partial charge in [-0.3, -0.25) is 0 Å². The van der Waals surface area contributed by atoms with Gasteiger partial charge >= 0.3 is 6.03 Å². The molecule has 1 atom stereocenters. The van der Waals surface area contributed by atoms with Crippen molar-refractivity contribution in [1.82, 2.24) is 10.2 Å². The van der Waals surface area contributed by atoms with E-state index in [1.807, 2.05) is 42.5 Å². The van der Waals surface area contributed by atoms with Crippen molar-refractivity contribution < 1.29 is 4.79 Å². The Hall–Kier alpha value is -2.80. The molecule has 2 aromatic carbocycles. The average Bonchev–Trinajstić information content (AvgIpc) is 2.90. The van der Waals surface area contributed by atoms with Gasteiger partial charge in [0, 0.05) is 13.1 Å². The molecule has 1 heterocycles. The number of carbonyl (C=O) groups excluding carboxylic acids is 1. The fraction of sp³-hybridized carbons (Fsp3) is 0.176. The summed E-state index contributed by atoms with van der Waals surface area (Å²) in [5.74, 6) is 0. The van der Waals surface area contributed by atoms with Gasteiger partial charge in [0.1, 0.15) is 0 Å². The van der Waals surface area contributed by atoms with Gasteiger partial charge in [0.05, 0.1) is 17.7 Å². The molecule has 1 fully saturated rings. The quantitative estimate of drug-likeness (QED) is 0.938. The number of carbonyl (C=O) groups is 1. The predicted octanol–water partition coefficient (Wildman–Crippen LogP) is 2.82. The zero-order valence-corrected chi connectivity index (χ0v) is 11.5. The highest BCUT2D eigenvalue weighted by Gasteiger charge is 2.29. The number of nitrogens with zero attached hydrogens (tertiary/aromatic N) is 2. The third-order valence-corrected chi connectivity index (χ3v) is 3.65. The van der Waals surface area contributed by atoms with E-state index < -0.39 is 0 Å². The van der Waals surface area contributed by atoms with Crippen molar-refractivity contribution in [3.8, 4) is 6.07 Å². The monoisotopic (exact) mass is 277 g/mol. The van der Waals surface area contributed by atoms with Gasteiger partial charge in [-0.15, -0.1) is 0 Å². The van der Waals surface area contributed by atoms with Crippen LogP contribution in [0.25, 0.3) is 0 Å². The summed E-state index contributed by atoms with van der Waals surface area (Å²) < 4.78 is 0. The lowest BCUT2D eigenvalue weighted by Crippen LogP contribution is -2.27. The maximum Gasteiger partial charge on any atom is 0.318 e. The largest absolute Gasteiger partial charge is 0.329 e. The highest BCUT2D eigenvalue weighted by atomic mass is 16.2.